The number of hydrogen-bond donors (Lipinski definition) is 0. The number of nitrogens with zero attached hydrogens (tertiary/aromatic N) is 4. The van der Waals surface area contributed by atoms with Crippen molar-refractivity contribution >= 4 is 11.6 Å². The fourth-order valence-corrected chi connectivity index (χ4v) is 3.92. The Hall–Kier alpha value is -3.74. The lowest BCUT2D eigenvalue weighted by molar-refractivity contribution is 0.0459. The smallest absolute Gasteiger partial charge is 0.359 e. The first-order valence-corrected chi connectivity index (χ1v) is 9.92. The Morgan fingerprint density at radius 3 is 2.80 bits per heavy atom. The molecule has 0 unspecified atom stereocenters. The van der Waals surface area contributed by atoms with Gasteiger partial charge in [0.15, 0.2) is 5.69 Å². The molecule has 0 aliphatic heterocycles. The van der Waals surface area contributed by atoms with Gasteiger partial charge in [-0.15, -0.1) is 0 Å². The van der Waals surface area contributed by atoms with Crippen molar-refractivity contribution in [2.75, 3.05) is 0 Å². The Kier molecular flexibility index (Phi) is 4.43. The van der Waals surface area contributed by atoms with Crippen molar-refractivity contribution in [1.29, 1.82) is 0 Å². The van der Waals surface area contributed by atoms with Crippen LogP contribution in [0.1, 0.15) is 39.4 Å². The molecule has 4 aromatic rings. The standard InChI is InChI=1S/C23H20N4O3/c1-15-10-11-20-24-16(12-21(28)26(20)13-15)14-30-23(29)22-18-8-5-9-19(18)27(25-22)17-6-3-2-4-7-17/h2-4,6-7,10-13H,5,8-9,14H2,1H3. The van der Waals surface area contributed by atoms with Gasteiger partial charge in [0.1, 0.15) is 12.3 Å². The van der Waals surface area contributed by atoms with Gasteiger partial charge >= 0.3 is 5.97 Å². The first kappa shape index (κ1) is 18.3. The van der Waals surface area contributed by atoms with Crippen LogP contribution in [0.5, 0.6) is 0 Å². The molecule has 7 heteroatoms. The van der Waals surface area contributed by atoms with Crippen molar-refractivity contribution in [3.8, 4) is 5.69 Å². The van der Waals surface area contributed by atoms with Crippen LogP contribution in [0.15, 0.2) is 59.5 Å². The number of aryl methyl sites for hydroxylation is 1. The van der Waals surface area contributed by atoms with Gasteiger partial charge in [-0.3, -0.25) is 9.20 Å². The molecule has 0 fully saturated rings. The third-order valence-corrected chi connectivity index (χ3v) is 5.34. The number of esters is 1. The summed E-state index contributed by atoms with van der Waals surface area (Å²) in [6, 6.07) is 14.8. The van der Waals surface area contributed by atoms with Gasteiger partial charge in [-0.2, -0.15) is 5.10 Å². The van der Waals surface area contributed by atoms with Gasteiger partial charge in [0.2, 0.25) is 0 Å². The summed E-state index contributed by atoms with van der Waals surface area (Å²) in [7, 11) is 0. The van der Waals surface area contributed by atoms with Crippen LogP contribution in [0.4, 0.5) is 0 Å². The summed E-state index contributed by atoms with van der Waals surface area (Å²) < 4.78 is 8.81. The van der Waals surface area contributed by atoms with Crippen LogP contribution in [0.25, 0.3) is 11.3 Å². The second-order valence-corrected chi connectivity index (χ2v) is 7.47. The molecule has 1 aliphatic carbocycles. The van der Waals surface area contributed by atoms with Crippen LogP contribution in [0.3, 0.4) is 0 Å². The highest BCUT2D eigenvalue weighted by molar-refractivity contribution is 5.89. The number of fused-ring (bicyclic) bond motifs is 2. The number of benzene rings is 1. The van der Waals surface area contributed by atoms with Gasteiger partial charge in [-0.25, -0.2) is 14.5 Å². The van der Waals surface area contributed by atoms with Gasteiger partial charge in [0, 0.05) is 23.5 Å². The maximum atomic E-state index is 12.8. The molecule has 0 saturated heterocycles. The highest BCUT2D eigenvalue weighted by Gasteiger charge is 2.28. The maximum absolute atomic E-state index is 12.8. The molecule has 7 nitrogen and oxygen atoms in total. The average Bonchev–Trinajstić information content (AvgIpc) is 3.36. The molecule has 0 atom stereocenters. The SMILES string of the molecule is Cc1ccc2nc(COC(=O)c3nn(-c4ccccc4)c4c3CCC4)cc(=O)n2c1. The fourth-order valence-electron chi connectivity index (χ4n) is 3.92. The Morgan fingerprint density at radius 2 is 1.97 bits per heavy atom. The van der Waals surface area contributed by atoms with E-state index in [4.69, 9.17) is 4.74 Å². The lowest BCUT2D eigenvalue weighted by atomic mass is 10.2. The highest BCUT2D eigenvalue weighted by atomic mass is 16.5. The Morgan fingerprint density at radius 1 is 1.13 bits per heavy atom. The predicted octanol–water partition coefficient (Wildman–Crippen LogP) is 3.03. The molecule has 0 saturated carbocycles. The summed E-state index contributed by atoms with van der Waals surface area (Å²) in [5.74, 6) is -0.492. The Balaban J connectivity index is 1.41. The lowest BCUT2D eigenvalue weighted by Crippen LogP contribution is -2.17. The van der Waals surface area contributed by atoms with E-state index < -0.39 is 5.97 Å². The van der Waals surface area contributed by atoms with Crippen LogP contribution in [-0.4, -0.2) is 25.1 Å². The zero-order valence-corrected chi connectivity index (χ0v) is 16.5. The van der Waals surface area contributed by atoms with Crippen LogP contribution in [0, 0.1) is 6.92 Å². The number of ether oxygens (including phenoxy) is 1. The van der Waals surface area contributed by atoms with Gasteiger partial charge in [-0.1, -0.05) is 24.3 Å². The quantitative estimate of drug-likeness (QED) is 0.492. The van der Waals surface area contributed by atoms with E-state index in [1.807, 2.05) is 48.0 Å². The molecule has 30 heavy (non-hydrogen) atoms. The summed E-state index contributed by atoms with van der Waals surface area (Å²) in [6.07, 6.45) is 4.41. The molecule has 3 aromatic heterocycles. The fraction of sp³-hybridized carbons (Fsp3) is 0.217. The molecule has 3 heterocycles. The average molecular weight is 400 g/mol. The van der Waals surface area contributed by atoms with E-state index in [9.17, 15) is 9.59 Å². The minimum atomic E-state index is -0.492. The normalized spacial score (nSPS) is 12.8. The van der Waals surface area contributed by atoms with Crippen LogP contribution in [-0.2, 0) is 24.2 Å². The van der Waals surface area contributed by atoms with Crippen LogP contribution in [0.2, 0.25) is 0 Å². The monoisotopic (exact) mass is 400 g/mol. The number of carbonyl (C=O) groups is 1. The number of aromatic nitrogens is 4. The molecule has 0 spiro atoms. The molecular weight excluding hydrogens is 380 g/mol. The van der Waals surface area contributed by atoms with E-state index in [-0.39, 0.29) is 12.2 Å². The topological polar surface area (TPSA) is 78.5 Å². The van der Waals surface area contributed by atoms with Crippen LogP contribution >= 0.6 is 0 Å². The molecular formula is C23H20N4O3. The number of para-hydroxylation sites is 1. The van der Waals surface area contributed by atoms with Gasteiger partial charge in [-0.05, 0) is 49.9 Å². The van der Waals surface area contributed by atoms with E-state index in [0.717, 1.165) is 41.8 Å². The molecule has 150 valence electrons. The first-order chi connectivity index (χ1) is 14.6. The summed E-state index contributed by atoms with van der Waals surface area (Å²) in [6.45, 7) is 1.83. The minimum absolute atomic E-state index is 0.0780. The Labute approximate surface area is 172 Å². The van der Waals surface area contributed by atoms with E-state index in [1.165, 1.54) is 10.5 Å². The molecule has 0 amide bonds. The number of pyridine rings is 1. The molecule has 5 rings (SSSR count). The summed E-state index contributed by atoms with van der Waals surface area (Å²) in [5, 5.41) is 4.55. The maximum Gasteiger partial charge on any atom is 0.359 e. The molecule has 0 N–H and O–H groups in total. The zero-order valence-electron chi connectivity index (χ0n) is 16.5. The third-order valence-electron chi connectivity index (χ3n) is 5.34. The van der Waals surface area contributed by atoms with Crippen LogP contribution < -0.4 is 5.56 Å². The van der Waals surface area contributed by atoms with Gasteiger partial charge < -0.3 is 4.74 Å². The van der Waals surface area contributed by atoms with Crippen molar-refractivity contribution in [2.45, 2.75) is 32.8 Å². The molecule has 0 radical (unpaired) electrons. The second-order valence-electron chi connectivity index (χ2n) is 7.47. The van der Waals surface area contributed by atoms with E-state index >= 15 is 0 Å². The predicted molar refractivity (Wildman–Crippen MR) is 111 cm³/mol. The molecule has 1 aliphatic rings. The minimum Gasteiger partial charge on any atom is -0.454 e. The summed E-state index contributed by atoms with van der Waals surface area (Å²) >= 11 is 0. The third kappa shape index (κ3) is 3.18. The largest absolute Gasteiger partial charge is 0.454 e. The number of carbonyl (C=O) groups excluding carboxylic acids is 1. The van der Waals surface area contributed by atoms with Gasteiger partial charge in [0.05, 0.1) is 11.4 Å². The highest BCUT2D eigenvalue weighted by Crippen LogP contribution is 2.28. The Bertz CT molecular complexity index is 1320. The van der Waals surface area contributed by atoms with E-state index in [2.05, 4.69) is 10.1 Å². The van der Waals surface area contributed by atoms with Crippen molar-refractivity contribution < 1.29 is 9.53 Å². The molecule has 0 bridgehead atoms. The van der Waals surface area contributed by atoms with E-state index in [1.54, 1.807) is 12.3 Å². The summed E-state index contributed by atoms with van der Waals surface area (Å²) in [5.41, 5.74) is 4.98. The number of rotatable bonds is 4. The lowest BCUT2D eigenvalue weighted by Gasteiger charge is -2.06. The second kappa shape index (κ2) is 7.26. The zero-order chi connectivity index (χ0) is 20.7. The van der Waals surface area contributed by atoms with Crippen molar-refractivity contribution in [3.63, 3.8) is 0 Å². The summed E-state index contributed by atoms with van der Waals surface area (Å²) in [4.78, 5) is 29.6. The number of hydrogen-bond acceptors (Lipinski definition) is 5. The van der Waals surface area contributed by atoms with Gasteiger partial charge in [0.25, 0.3) is 5.56 Å². The van der Waals surface area contributed by atoms with Crippen molar-refractivity contribution in [2.24, 2.45) is 0 Å². The van der Waals surface area contributed by atoms with Crippen molar-refractivity contribution in [1.82, 2.24) is 19.2 Å². The first-order valence-electron chi connectivity index (χ1n) is 9.92. The van der Waals surface area contributed by atoms with Crippen molar-refractivity contribution in [3.05, 3.63) is 93.3 Å². The van der Waals surface area contributed by atoms with E-state index in [0.29, 0.717) is 17.0 Å². The molecule has 1 aromatic carbocycles.